The fourth-order valence-electron chi connectivity index (χ4n) is 1.58. The maximum atomic E-state index is 10.9. The number of carbonyl (C=O) groups is 1. The van der Waals surface area contributed by atoms with E-state index in [1.165, 1.54) is 25.5 Å². The molecule has 0 aromatic carbocycles. The van der Waals surface area contributed by atoms with E-state index in [9.17, 15) is 4.79 Å². The number of rotatable bonds is 2. The highest BCUT2D eigenvalue weighted by molar-refractivity contribution is 5.67. The summed E-state index contributed by atoms with van der Waals surface area (Å²) in [4.78, 5) is 10.9. The molecule has 0 heterocycles. The van der Waals surface area contributed by atoms with E-state index in [0.29, 0.717) is 0 Å². The zero-order valence-corrected chi connectivity index (χ0v) is 8.30. The van der Waals surface area contributed by atoms with Crippen LogP contribution in [0, 0.1) is 0 Å². The zero-order chi connectivity index (χ0) is 9.68. The summed E-state index contributed by atoms with van der Waals surface area (Å²) in [5.41, 5.74) is 1.33. The second kappa shape index (κ2) is 4.90. The molecule has 1 N–H and O–H groups in total. The van der Waals surface area contributed by atoms with E-state index in [-0.39, 0.29) is 12.1 Å². The predicted molar refractivity (Wildman–Crippen MR) is 51.6 cm³/mol. The number of allylic oxidation sites excluding steroid dienone is 1. The molecule has 0 saturated carbocycles. The lowest BCUT2D eigenvalue weighted by molar-refractivity contribution is 0.168. The highest BCUT2D eigenvalue weighted by Crippen LogP contribution is 2.19. The molecule has 0 aromatic rings. The van der Waals surface area contributed by atoms with Crippen molar-refractivity contribution in [1.29, 1.82) is 0 Å². The van der Waals surface area contributed by atoms with Crippen LogP contribution in [-0.4, -0.2) is 19.2 Å². The first kappa shape index (κ1) is 10.1. The SMILES string of the molecule is COC(=O)NC(C)C1=CCCCC1. The van der Waals surface area contributed by atoms with Gasteiger partial charge >= 0.3 is 6.09 Å². The summed E-state index contributed by atoms with van der Waals surface area (Å²) in [6.07, 6.45) is 6.63. The first-order valence-corrected chi connectivity index (χ1v) is 4.77. The molecule has 1 rings (SSSR count). The Hall–Kier alpha value is -0.990. The number of amides is 1. The van der Waals surface area contributed by atoms with E-state index < -0.39 is 0 Å². The Kier molecular flexibility index (Phi) is 3.80. The van der Waals surface area contributed by atoms with Gasteiger partial charge in [-0.1, -0.05) is 11.6 Å². The second-order valence-electron chi connectivity index (χ2n) is 3.38. The van der Waals surface area contributed by atoms with Crippen molar-refractivity contribution in [2.24, 2.45) is 0 Å². The normalized spacial score (nSPS) is 18.8. The monoisotopic (exact) mass is 183 g/mol. The fraction of sp³-hybridized carbons (Fsp3) is 0.700. The maximum absolute atomic E-state index is 10.9. The number of ether oxygens (including phenoxy) is 1. The summed E-state index contributed by atoms with van der Waals surface area (Å²) in [6.45, 7) is 1.99. The Balaban J connectivity index is 2.41. The minimum atomic E-state index is -0.348. The molecule has 0 aromatic heterocycles. The van der Waals surface area contributed by atoms with E-state index in [1.54, 1.807) is 0 Å². The summed E-state index contributed by atoms with van der Waals surface area (Å²) in [6, 6.07) is 0.118. The van der Waals surface area contributed by atoms with Gasteiger partial charge in [0.1, 0.15) is 0 Å². The predicted octanol–water partition coefficient (Wildman–Crippen LogP) is 2.23. The highest BCUT2D eigenvalue weighted by Gasteiger charge is 2.13. The van der Waals surface area contributed by atoms with Crippen molar-refractivity contribution in [1.82, 2.24) is 5.32 Å². The third-order valence-electron chi connectivity index (χ3n) is 2.40. The number of carbonyl (C=O) groups excluding carboxylic acids is 1. The molecule has 1 aliphatic rings. The van der Waals surface area contributed by atoms with Crippen LogP contribution in [0.4, 0.5) is 4.79 Å². The van der Waals surface area contributed by atoms with Gasteiger partial charge in [-0.2, -0.15) is 0 Å². The Morgan fingerprint density at radius 3 is 2.92 bits per heavy atom. The van der Waals surface area contributed by atoms with Gasteiger partial charge in [0.2, 0.25) is 0 Å². The Morgan fingerprint density at radius 1 is 1.62 bits per heavy atom. The van der Waals surface area contributed by atoms with Crippen LogP contribution >= 0.6 is 0 Å². The molecule has 13 heavy (non-hydrogen) atoms. The summed E-state index contributed by atoms with van der Waals surface area (Å²) in [7, 11) is 1.39. The van der Waals surface area contributed by atoms with Crippen LogP contribution in [0.3, 0.4) is 0 Å². The van der Waals surface area contributed by atoms with Gasteiger partial charge in [-0.15, -0.1) is 0 Å². The Morgan fingerprint density at radius 2 is 2.38 bits per heavy atom. The number of hydrogen-bond acceptors (Lipinski definition) is 2. The molecule has 74 valence electrons. The van der Waals surface area contributed by atoms with Crippen LogP contribution in [0.5, 0.6) is 0 Å². The standard InChI is InChI=1S/C10H17NO2/c1-8(11-10(12)13-2)9-6-4-3-5-7-9/h6,8H,3-5,7H2,1-2H3,(H,11,12). The molecule has 0 saturated heterocycles. The van der Waals surface area contributed by atoms with Crippen molar-refractivity contribution in [3.63, 3.8) is 0 Å². The van der Waals surface area contributed by atoms with Crippen molar-refractivity contribution in [3.05, 3.63) is 11.6 Å². The molecule has 0 spiro atoms. The molecule has 3 nitrogen and oxygen atoms in total. The number of nitrogens with one attached hydrogen (secondary N) is 1. The first-order valence-electron chi connectivity index (χ1n) is 4.77. The van der Waals surface area contributed by atoms with Crippen molar-refractivity contribution in [3.8, 4) is 0 Å². The number of methoxy groups -OCH3 is 1. The van der Waals surface area contributed by atoms with Crippen LogP contribution in [0.25, 0.3) is 0 Å². The lowest BCUT2D eigenvalue weighted by Crippen LogP contribution is -2.34. The molecule has 1 atom stereocenters. The molecule has 1 aliphatic carbocycles. The Labute approximate surface area is 79.2 Å². The molecule has 1 amide bonds. The topological polar surface area (TPSA) is 38.3 Å². The van der Waals surface area contributed by atoms with Gasteiger partial charge in [-0.3, -0.25) is 0 Å². The minimum Gasteiger partial charge on any atom is -0.453 e. The van der Waals surface area contributed by atoms with Crippen molar-refractivity contribution < 1.29 is 9.53 Å². The molecule has 3 heteroatoms. The number of hydrogen-bond donors (Lipinski definition) is 1. The van der Waals surface area contributed by atoms with Gasteiger partial charge in [0, 0.05) is 0 Å². The van der Waals surface area contributed by atoms with Crippen molar-refractivity contribution in [2.45, 2.75) is 38.6 Å². The van der Waals surface area contributed by atoms with Gasteiger partial charge in [0.15, 0.2) is 0 Å². The van der Waals surface area contributed by atoms with Crippen LogP contribution < -0.4 is 5.32 Å². The molecule has 1 unspecified atom stereocenters. The molecule has 0 aliphatic heterocycles. The largest absolute Gasteiger partial charge is 0.453 e. The van der Waals surface area contributed by atoms with E-state index in [2.05, 4.69) is 16.1 Å². The number of alkyl carbamates (subject to hydrolysis) is 1. The van der Waals surface area contributed by atoms with Gasteiger partial charge in [0.25, 0.3) is 0 Å². The molecular weight excluding hydrogens is 166 g/mol. The third kappa shape index (κ3) is 3.09. The average Bonchev–Trinajstić information content (AvgIpc) is 2.19. The zero-order valence-electron chi connectivity index (χ0n) is 8.30. The van der Waals surface area contributed by atoms with Crippen LogP contribution in [0.2, 0.25) is 0 Å². The van der Waals surface area contributed by atoms with Crippen molar-refractivity contribution in [2.75, 3.05) is 7.11 Å². The first-order chi connectivity index (χ1) is 6.24. The quantitative estimate of drug-likeness (QED) is 0.667. The summed E-state index contributed by atoms with van der Waals surface area (Å²) < 4.78 is 4.53. The molecular formula is C10H17NO2. The Bertz CT molecular complexity index is 211. The summed E-state index contributed by atoms with van der Waals surface area (Å²) >= 11 is 0. The summed E-state index contributed by atoms with van der Waals surface area (Å²) in [5, 5.41) is 2.77. The van der Waals surface area contributed by atoms with Gasteiger partial charge < -0.3 is 10.1 Å². The van der Waals surface area contributed by atoms with E-state index in [0.717, 1.165) is 12.8 Å². The lowest BCUT2D eigenvalue weighted by Gasteiger charge is -2.19. The van der Waals surface area contributed by atoms with Crippen molar-refractivity contribution >= 4 is 6.09 Å². The summed E-state index contributed by atoms with van der Waals surface area (Å²) in [5.74, 6) is 0. The average molecular weight is 183 g/mol. The fourth-order valence-corrected chi connectivity index (χ4v) is 1.58. The van der Waals surface area contributed by atoms with Crippen LogP contribution in [0.1, 0.15) is 32.6 Å². The van der Waals surface area contributed by atoms with Gasteiger partial charge in [-0.05, 0) is 32.6 Å². The smallest absolute Gasteiger partial charge is 0.407 e. The maximum Gasteiger partial charge on any atom is 0.407 e. The van der Waals surface area contributed by atoms with Gasteiger partial charge in [-0.25, -0.2) is 4.79 Å². The highest BCUT2D eigenvalue weighted by atomic mass is 16.5. The lowest BCUT2D eigenvalue weighted by atomic mass is 9.95. The molecule has 0 fully saturated rings. The molecule has 0 bridgehead atoms. The third-order valence-corrected chi connectivity index (χ3v) is 2.40. The van der Waals surface area contributed by atoms with E-state index >= 15 is 0 Å². The molecule has 0 radical (unpaired) electrons. The van der Waals surface area contributed by atoms with E-state index in [1.807, 2.05) is 6.92 Å². The van der Waals surface area contributed by atoms with Gasteiger partial charge in [0.05, 0.1) is 13.2 Å². The van der Waals surface area contributed by atoms with Crippen LogP contribution in [0.15, 0.2) is 11.6 Å². The second-order valence-corrected chi connectivity index (χ2v) is 3.38. The van der Waals surface area contributed by atoms with E-state index in [4.69, 9.17) is 0 Å². The van der Waals surface area contributed by atoms with Crippen LogP contribution in [-0.2, 0) is 4.74 Å². The minimum absolute atomic E-state index is 0.118.